The average molecular weight is 449 g/mol. The first-order chi connectivity index (χ1) is 15.9. The van der Waals surface area contributed by atoms with Gasteiger partial charge in [-0.2, -0.15) is 0 Å². The number of amides is 2. The van der Waals surface area contributed by atoms with Crippen LogP contribution in [-0.4, -0.2) is 52.7 Å². The van der Waals surface area contributed by atoms with Gasteiger partial charge in [0.25, 0.3) is 0 Å². The normalized spacial score (nSPS) is 22.8. The number of nitrogens with one attached hydrogen (secondary N) is 1. The molecule has 0 radical (unpaired) electrons. The fourth-order valence-electron chi connectivity index (χ4n) is 5.38. The fourth-order valence-corrected chi connectivity index (χ4v) is 5.38. The van der Waals surface area contributed by atoms with Crippen molar-refractivity contribution in [2.45, 2.75) is 50.1 Å². The highest BCUT2D eigenvalue weighted by Gasteiger charge is 2.55. The Morgan fingerprint density at radius 3 is 2.24 bits per heavy atom. The molecule has 2 amide bonds. The van der Waals surface area contributed by atoms with Crippen LogP contribution in [0.4, 0.5) is 4.79 Å². The molecule has 5 rings (SSSR count). The van der Waals surface area contributed by atoms with Crippen molar-refractivity contribution in [3.63, 3.8) is 0 Å². The first-order valence-corrected chi connectivity index (χ1v) is 11.6. The van der Waals surface area contributed by atoms with Gasteiger partial charge in [0.15, 0.2) is 0 Å². The number of carbonyl (C=O) groups is 3. The van der Waals surface area contributed by atoms with E-state index in [-0.39, 0.29) is 18.4 Å². The van der Waals surface area contributed by atoms with Gasteiger partial charge < -0.3 is 20.1 Å². The Morgan fingerprint density at radius 1 is 1.06 bits per heavy atom. The minimum atomic E-state index is -0.975. The fraction of sp³-hybridized carbons (Fsp3) is 0.423. The molecule has 2 aromatic rings. The first-order valence-electron chi connectivity index (χ1n) is 11.6. The van der Waals surface area contributed by atoms with Gasteiger partial charge in [0, 0.05) is 18.5 Å². The second-order valence-electron chi connectivity index (χ2n) is 9.36. The number of carboxylic acids is 1. The van der Waals surface area contributed by atoms with E-state index in [0.29, 0.717) is 32.2 Å². The van der Waals surface area contributed by atoms with E-state index in [1.54, 1.807) is 11.8 Å². The van der Waals surface area contributed by atoms with E-state index in [9.17, 15) is 19.5 Å². The SMILES string of the molecule is C[C@@H]1[C@H](C(=O)O)CCCN1C(=O)C1(NC(=O)OCC2c3ccccc3-c3ccccc32)CC1. The molecule has 1 saturated heterocycles. The molecule has 33 heavy (non-hydrogen) atoms. The molecule has 0 spiro atoms. The van der Waals surface area contributed by atoms with Crippen molar-refractivity contribution in [3.8, 4) is 11.1 Å². The Bertz CT molecular complexity index is 1060. The monoisotopic (exact) mass is 448 g/mol. The number of piperidine rings is 1. The highest BCUT2D eigenvalue weighted by molar-refractivity contribution is 5.93. The molecule has 1 heterocycles. The maximum Gasteiger partial charge on any atom is 0.408 e. The Morgan fingerprint density at radius 2 is 1.67 bits per heavy atom. The predicted octanol–water partition coefficient (Wildman–Crippen LogP) is 3.77. The molecule has 2 aromatic carbocycles. The summed E-state index contributed by atoms with van der Waals surface area (Å²) >= 11 is 0. The van der Waals surface area contributed by atoms with Gasteiger partial charge in [0.05, 0.1) is 5.92 Å². The van der Waals surface area contributed by atoms with Crippen molar-refractivity contribution in [2.24, 2.45) is 5.92 Å². The van der Waals surface area contributed by atoms with E-state index in [0.717, 1.165) is 22.3 Å². The predicted molar refractivity (Wildman–Crippen MR) is 122 cm³/mol. The highest BCUT2D eigenvalue weighted by atomic mass is 16.5. The number of likely N-dealkylation sites (tertiary alicyclic amines) is 1. The van der Waals surface area contributed by atoms with Crippen LogP contribution in [0.3, 0.4) is 0 Å². The van der Waals surface area contributed by atoms with Gasteiger partial charge in [-0.3, -0.25) is 9.59 Å². The van der Waals surface area contributed by atoms with Gasteiger partial charge in [0.2, 0.25) is 5.91 Å². The lowest BCUT2D eigenvalue weighted by Crippen LogP contribution is -2.57. The largest absolute Gasteiger partial charge is 0.481 e. The first kappa shape index (κ1) is 21.5. The minimum absolute atomic E-state index is 0.0487. The number of fused-ring (bicyclic) bond motifs is 3. The van der Waals surface area contributed by atoms with Gasteiger partial charge in [-0.15, -0.1) is 0 Å². The summed E-state index contributed by atoms with van der Waals surface area (Å²) in [4.78, 5) is 39.1. The summed E-state index contributed by atoms with van der Waals surface area (Å²) in [5, 5.41) is 12.3. The number of ether oxygens (including phenoxy) is 1. The number of carboxylic acid groups (broad SMARTS) is 1. The van der Waals surface area contributed by atoms with Crippen LogP contribution in [0.15, 0.2) is 48.5 Å². The summed E-state index contributed by atoms with van der Waals surface area (Å²) < 4.78 is 5.62. The zero-order chi connectivity index (χ0) is 23.2. The van der Waals surface area contributed by atoms with Crippen molar-refractivity contribution < 1.29 is 24.2 Å². The van der Waals surface area contributed by atoms with Crippen LogP contribution in [0.5, 0.6) is 0 Å². The Kier molecular flexibility index (Phi) is 5.35. The summed E-state index contributed by atoms with van der Waals surface area (Å²) in [6.07, 6.45) is 1.68. The van der Waals surface area contributed by atoms with Gasteiger partial charge in [-0.25, -0.2) is 4.79 Å². The molecule has 0 bridgehead atoms. The standard InChI is InChI=1S/C26H28N2O5/c1-16-17(23(29)30)11-6-14-28(16)24(31)26(12-13-26)27-25(32)33-15-22-20-9-4-2-7-18(20)19-8-3-5-10-21(19)22/h2-5,7-10,16-17,22H,6,11-15H2,1H3,(H,27,32)(H,29,30)/t16-,17-/m1/s1. The number of aliphatic carboxylic acids is 1. The highest BCUT2D eigenvalue weighted by Crippen LogP contribution is 2.45. The number of rotatable bonds is 5. The lowest BCUT2D eigenvalue weighted by molar-refractivity contribution is -0.150. The van der Waals surface area contributed by atoms with Crippen molar-refractivity contribution in [1.82, 2.24) is 10.2 Å². The zero-order valence-electron chi connectivity index (χ0n) is 18.6. The lowest BCUT2D eigenvalue weighted by atomic mass is 9.89. The van der Waals surface area contributed by atoms with Crippen LogP contribution in [0.25, 0.3) is 11.1 Å². The Labute approximate surface area is 192 Å². The summed E-state index contributed by atoms with van der Waals surface area (Å²) in [6.45, 7) is 2.47. The zero-order valence-corrected chi connectivity index (χ0v) is 18.6. The van der Waals surface area contributed by atoms with Crippen LogP contribution < -0.4 is 5.32 Å². The molecule has 2 atom stereocenters. The number of hydrogen-bond donors (Lipinski definition) is 2. The second kappa shape index (κ2) is 8.21. The van der Waals surface area contributed by atoms with Gasteiger partial charge in [0.1, 0.15) is 12.1 Å². The van der Waals surface area contributed by atoms with Crippen LogP contribution in [0.1, 0.15) is 49.7 Å². The molecule has 0 unspecified atom stereocenters. The van der Waals surface area contributed by atoms with E-state index in [1.807, 2.05) is 24.3 Å². The van der Waals surface area contributed by atoms with Gasteiger partial charge >= 0.3 is 12.1 Å². The number of hydrogen-bond acceptors (Lipinski definition) is 4. The third-order valence-corrected chi connectivity index (χ3v) is 7.41. The average Bonchev–Trinajstić information content (AvgIpc) is 3.52. The summed E-state index contributed by atoms with van der Waals surface area (Å²) in [5.74, 6) is -1.70. The van der Waals surface area contributed by atoms with E-state index >= 15 is 0 Å². The summed E-state index contributed by atoms with van der Waals surface area (Å²) in [5.41, 5.74) is 3.60. The molecule has 7 nitrogen and oxygen atoms in total. The van der Waals surface area contributed by atoms with E-state index in [2.05, 4.69) is 29.6 Å². The van der Waals surface area contributed by atoms with Crippen LogP contribution in [-0.2, 0) is 14.3 Å². The van der Waals surface area contributed by atoms with Crippen LogP contribution in [0.2, 0.25) is 0 Å². The third kappa shape index (κ3) is 3.75. The Hall–Kier alpha value is -3.35. The van der Waals surface area contributed by atoms with Crippen molar-refractivity contribution >= 4 is 18.0 Å². The molecule has 2 aliphatic carbocycles. The second-order valence-corrected chi connectivity index (χ2v) is 9.36. The molecule has 172 valence electrons. The molecule has 7 heteroatoms. The van der Waals surface area contributed by atoms with Crippen LogP contribution >= 0.6 is 0 Å². The van der Waals surface area contributed by atoms with E-state index in [1.165, 1.54) is 0 Å². The van der Waals surface area contributed by atoms with Gasteiger partial charge in [-0.05, 0) is 54.9 Å². The molecular weight excluding hydrogens is 420 g/mol. The van der Waals surface area contributed by atoms with Crippen molar-refractivity contribution in [1.29, 1.82) is 0 Å². The molecular formula is C26H28N2O5. The maximum absolute atomic E-state index is 13.2. The molecule has 3 aliphatic rings. The quantitative estimate of drug-likeness (QED) is 0.726. The van der Waals surface area contributed by atoms with Crippen molar-refractivity contribution in [2.75, 3.05) is 13.2 Å². The van der Waals surface area contributed by atoms with Crippen molar-refractivity contribution in [3.05, 3.63) is 59.7 Å². The number of carbonyl (C=O) groups excluding carboxylic acids is 2. The minimum Gasteiger partial charge on any atom is -0.481 e. The number of nitrogens with zero attached hydrogens (tertiary/aromatic N) is 1. The van der Waals surface area contributed by atoms with E-state index < -0.39 is 29.6 Å². The maximum atomic E-state index is 13.2. The number of benzene rings is 2. The molecule has 2 fully saturated rings. The summed E-state index contributed by atoms with van der Waals surface area (Å²) in [6, 6.07) is 15.9. The van der Waals surface area contributed by atoms with E-state index in [4.69, 9.17) is 4.74 Å². The van der Waals surface area contributed by atoms with Gasteiger partial charge in [-0.1, -0.05) is 48.5 Å². The lowest BCUT2D eigenvalue weighted by Gasteiger charge is -2.39. The smallest absolute Gasteiger partial charge is 0.408 e. The topological polar surface area (TPSA) is 95.9 Å². The molecule has 2 N–H and O–H groups in total. The third-order valence-electron chi connectivity index (χ3n) is 7.41. The molecule has 1 aliphatic heterocycles. The summed E-state index contributed by atoms with van der Waals surface area (Å²) in [7, 11) is 0. The molecule has 0 aromatic heterocycles. The molecule has 1 saturated carbocycles. The number of alkyl carbamates (subject to hydrolysis) is 1. The van der Waals surface area contributed by atoms with Crippen LogP contribution in [0, 0.1) is 5.92 Å². The Balaban J connectivity index is 1.25.